The standard InChI is InChI=1S/C9H12N4O4S/c1-3-17-6(14)4-10-7(15)8(16)11-9-13-12-5(2)18-9/h3-4H2,1-2H3,(H,10,15)(H,11,13,16). The molecule has 0 atom stereocenters. The van der Waals surface area contributed by atoms with Crippen LogP contribution in [0.15, 0.2) is 0 Å². The summed E-state index contributed by atoms with van der Waals surface area (Å²) in [6.45, 7) is 3.22. The van der Waals surface area contributed by atoms with Crippen molar-refractivity contribution in [2.75, 3.05) is 18.5 Å². The summed E-state index contributed by atoms with van der Waals surface area (Å²) in [5.74, 6) is -2.45. The largest absolute Gasteiger partial charge is 0.465 e. The molecule has 0 unspecified atom stereocenters. The minimum atomic E-state index is -0.934. The predicted molar refractivity (Wildman–Crippen MR) is 62.9 cm³/mol. The van der Waals surface area contributed by atoms with Crippen molar-refractivity contribution in [1.29, 1.82) is 0 Å². The van der Waals surface area contributed by atoms with Crippen molar-refractivity contribution in [1.82, 2.24) is 15.5 Å². The van der Waals surface area contributed by atoms with Crippen LogP contribution in [0.5, 0.6) is 0 Å². The first-order valence-corrected chi connectivity index (χ1v) is 5.89. The van der Waals surface area contributed by atoms with E-state index in [1.165, 1.54) is 0 Å². The van der Waals surface area contributed by atoms with Crippen molar-refractivity contribution in [2.24, 2.45) is 0 Å². The zero-order valence-electron chi connectivity index (χ0n) is 9.85. The molecule has 0 aliphatic rings. The van der Waals surface area contributed by atoms with Crippen LogP contribution in [0.2, 0.25) is 0 Å². The third-order valence-electron chi connectivity index (χ3n) is 1.65. The van der Waals surface area contributed by atoms with Crippen LogP contribution in [0, 0.1) is 6.92 Å². The third kappa shape index (κ3) is 4.45. The molecule has 98 valence electrons. The molecule has 1 heterocycles. The molecule has 2 amide bonds. The second-order valence-corrected chi connectivity index (χ2v) is 4.25. The first-order valence-electron chi connectivity index (χ1n) is 5.07. The van der Waals surface area contributed by atoms with Gasteiger partial charge < -0.3 is 10.1 Å². The van der Waals surface area contributed by atoms with E-state index in [0.29, 0.717) is 5.01 Å². The lowest BCUT2D eigenvalue weighted by molar-refractivity contribution is -0.144. The number of carbonyl (C=O) groups excluding carboxylic acids is 3. The Balaban J connectivity index is 2.38. The Morgan fingerprint density at radius 1 is 1.28 bits per heavy atom. The van der Waals surface area contributed by atoms with E-state index >= 15 is 0 Å². The van der Waals surface area contributed by atoms with Crippen LogP contribution in [-0.4, -0.2) is 41.1 Å². The molecule has 0 aliphatic heterocycles. The molecule has 18 heavy (non-hydrogen) atoms. The lowest BCUT2D eigenvalue weighted by Gasteiger charge is -2.03. The Hall–Kier alpha value is -2.03. The molecule has 0 fully saturated rings. The van der Waals surface area contributed by atoms with E-state index in [9.17, 15) is 14.4 Å². The summed E-state index contributed by atoms with van der Waals surface area (Å²) >= 11 is 1.14. The SMILES string of the molecule is CCOC(=O)CNC(=O)C(=O)Nc1nnc(C)s1. The number of anilines is 1. The fourth-order valence-electron chi connectivity index (χ4n) is 0.946. The zero-order chi connectivity index (χ0) is 13.5. The maximum atomic E-state index is 11.4. The highest BCUT2D eigenvalue weighted by atomic mass is 32.1. The monoisotopic (exact) mass is 272 g/mol. The topological polar surface area (TPSA) is 110 Å². The molecular weight excluding hydrogens is 260 g/mol. The van der Waals surface area contributed by atoms with E-state index in [0.717, 1.165) is 11.3 Å². The summed E-state index contributed by atoms with van der Waals surface area (Å²) < 4.78 is 4.59. The van der Waals surface area contributed by atoms with Gasteiger partial charge in [0.15, 0.2) is 0 Å². The van der Waals surface area contributed by atoms with E-state index in [2.05, 4.69) is 25.6 Å². The highest BCUT2D eigenvalue weighted by molar-refractivity contribution is 7.15. The summed E-state index contributed by atoms with van der Waals surface area (Å²) in [5, 5.41) is 12.6. The average molecular weight is 272 g/mol. The van der Waals surface area contributed by atoms with Crippen molar-refractivity contribution in [3.05, 3.63) is 5.01 Å². The van der Waals surface area contributed by atoms with Crippen LogP contribution in [0.1, 0.15) is 11.9 Å². The van der Waals surface area contributed by atoms with Gasteiger partial charge in [0.1, 0.15) is 11.6 Å². The number of nitrogens with one attached hydrogen (secondary N) is 2. The normalized spacial score (nSPS) is 9.67. The molecule has 0 saturated heterocycles. The van der Waals surface area contributed by atoms with Gasteiger partial charge in [-0.2, -0.15) is 0 Å². The highest BCUT2D eigenvalue weighted by Crippen LogP contribution is 2.12. The third-order valence-corrected chi connectivity index (χ3v) is 2.41. The number of hydrogen-bond donors (Lipinski definition) is 2. The molecule has 0 bridgehead atoms. The lowest BCUT2D eigenvalue weighted by Crippen LogP contribution is -2.38. The van der Waals surface area contributed by atoms with Gasteiger partial charge in [-0.25, -0.2) is 0 Å². The second kappa shape index (κ2) is 6.64. The van der Waals surface area contributed by atoms with E-state index in [-0.39, 0.29) is 18.3 Å². The average Bonchev–Trinajstić information content (AvgIpc) is 2.72. The van der Waals surface area contributed by atoms with Crippen molar-refractivity contribution >= 4 is 34.3 Å². The Morgan fingerprint density at radius 3 is 2.56 bits per heavy atom. The first kappa shape index (κ1) is 14.0. The number of ether oxygens (including phenoxy) is 1. The van der Waals surface area contributed by atoms with Crippen LogP contribution < -0.4 is 10.6 Å². The van der Waals surface area contributed by atoms with E-state index in [1.54, 1.807) is 13.8 Å². The maximum Gasteiger partial charge on any atom is 0.325 e. The first-order chi connectivity index (χ1) is 8.52. The van der Waals surface area contributed by atoms with Crippen LogP contribution in [0.3, 0.4) is 0 Å². The smallest absolute Gasteiger partial charge is 0.325 e. The van der Waals surface area contributed by atoms with Gasteiger partial charge >= 0.3 is 17.8 Å². The van der Waals surface area contributed by atoms with E-state index in [4.69, 9.17) is 0 Å². The van der Waals surface area contributed by atoms with Crippen molar-refractivity contribution in [3.63, 3.8) is 0 Å². The number of amides is 2. The Kier molecular flexibility index (Phi) is 5.18. The van der Waals surface area contributed by atoms with Crippen LogP contribution in [0.4, 0.5) is 5.13 Å². The van der Waals surface area contributed by atoms with Crippen molar-refractivity contribution in [2.45, 2.75) is 13.8 Å². The molecule has 0 radical (unpaired) electrons. The van der Waals surface area contributed by atoms with Gasteiger partial charge in [-0.1, -0.05) is 11.3 Å². The minimum absolute atomic E-state index is 0.213. The van der Waals surface area contributed by atoms with Gasteiger partial charge in [0.2, 0.25) is 5.13 Å². The number of aryl methyl sites for hydroxylation is 1. The molecule has 1 aromatic heterocycles. The minimum Gasteiger partial charge on any atom is -0.465 e. The predicted octanol–water partition coefficient (Wildman–Crippen LogP) is -0.536. The molecule has 2 N–H and O–H groups in total. The number of hydrogen-bond acceptors (Lipinski definition) is 7. The van der Waals surface area contributed by atoms with Crippen LogP contribution in [-0.2, 0) is 19.1 Å². The molecular formula is C9H12N4O4S. The van der Waals surface area contributed by atoms with Gasteiger partial charge in [0.25, 0.3) is 0 Å². The molecule has 0 aliphatic carbocycles. The maximum absolute atomic E-state index is 11.4. The van der Waals surface area contributed by atoms with Crippen molar-refractivity contribution < 1.29 is 19.1 Å². The summed E-state index contributed by atoms with van der Waals surface area (Å²) in [7, 11) is 0. The number of nitrogens with zero attached hydrogens (tertiary/aromatic N) is 2. The van der Waals surface area contributed by atoms with Gasteiger partial charge in [0.05, 0.1) is 6.61 Å². The number of rotatable bonds is 4. The molecule has 0 aromatic carbocycles. The number of esters is 1. The van der Waals surface area contributed by atoms with Crippen LogP contribution in [0.25, 0.3) is 0 Å². The Labute approximate surface area is 107 Å². The quantitative estimate of drug-likeness (QED) is 0.563. The van der Waals surface area contributed by atoms with Gasteiger partial charge in [0, 0.05) is 0 Å². The summed E-state index contributed by atoms with van der Waals surface area (Å²) in [6, 6.07) is 0. The number of aromatic nitrogens is 2. The Morgan fingerprint density at radius 2 is 2.00 bits per heavy atom. The zero-order valence-corrected chi connectivity index (χ0v) is 10.7. The molecule has 0 saturated carbocycles. The summed E-state index contributed by atoms with van der Waals surface area (Å²) in [5.41, 5.74) is 0. The number of carbonyl (C=O) groups is 3. The fraction of sp³-hybridized carbons (Fsp3) is 0.444. The van der Waals surface area contributed by atoms with Gasteiger partial charge in [-0.15, -0.1) is 10.2 Å². The van der Waals surface area contributed by atoms with Gasteiger partial charge in [-0.05, 0) is 13.8 Å². The van der Waals surface area contributed by atoms with Gasteiger partial charge in [-0.3, -0.25) is 19.7 Å². The van der Waals surface area contributed by atoms with E-state index < -0.39 is 17.8 Å². The lowest BCUT2D eigenvalue weighted by atomic mass is 10.5. The molecule has 8 nitrogen and oxygen atoms in total. The second-order valence-electron chi connectivity index (χ2n) is 3.07. The van der Waals surface area contributed by atoms with Crippen LogP contribution >= 0.6 is 11.3 Å². The molecule has 1 rings (SSSR count). The molecule has 9 heteroatoms. The van der Waals surface area contributed by atoms with Crippen molar-refractivity contribution in [3.8, 4) is 0 Å². The summed E-state index contributed by atoms with van der Waals surface area (Å²) in [4.78, 5) is 33.6. The van der Waals surface area contributed by atoms with E-state index in [1.807, 2.05) is 0 Å². The Bertz CT molecular complexity index is 459. The fourth-order valence-corrected chi connectivity index (χ4v) is 1.53. The summed E-state index contributed by atoms with van der Waals surface area (Å²) in [6.07, 6.45) is 0. The molecule has 1 aromatic rings. The molecule has 0 spiro atoms. The highest BCUT2D eigenvalue weighted by Gasteiger charge is 2.16.